The molecule has 1 aliphatic rings. The van der Waals surface area contributed by atoms with Crippen LogP contribution in [0.4, 0.5) is 8.78 Å². The molecule has 5 nitrogen and oxygen atoms in total. The number of halogens is 2. The van der Waals surface area contributed by atoms with E-state index in [0.29, 0.717) is 18.9 Å². The molecule has 0 atom stereocenters. The van der Waals surface area contributed by atoms with Crippen molar-refractivity contribution in [3.8, 4) is 11.4 Å². The summed E-state index contributed by atoms with van der Waals surface area (Å²) in [6, 6.07) is 4.03. The van der Waals surface area contributed by atoms with Crippen LogP contribution in [0, 0.1) is 11.6 Å². The van der Waals surface area contributed by atoms with E-state index >= 15 is 0 Å². The Hall–Kier alpha value is -2.80. The van der Waals surface area contributed by atoms with Crippen LogP contribution in [0.3, 0.4) is 0 Å². The van der Waals surface area contributed by atoms with Crippen molar-refractivity contribution in [2.75, 3.05) is 6.54 Å². The zero-order chi connectivity index (χ0) is 17.2. The van der Waals surface area contributed by atoms with Gasteiger partial charge in [-0.3, -0.25) is 4.90 Å². The summed E-state index contributed by atoms with van der Waals surface area (Å²) < 4.78 is 26.4. The highest BCUT2D eigenvalue weighted by molar-refractivity contribution is 5.52. The standard InChI is InChI=1S/C18H15F2N5/c19-15-2-1-12(5-16(15)20)9-25-4-3-17-14(10-25)8-23-18(24-17)13-6-21-11-22-7-13/h1-2,5-8,11H,3-4,9-10H2. The molecule has 0 amide bonds. The minimum absolute atomic E-state index is 0.560. The zero-order valence-corrected chi connectivity index (χ0v) is 13.4. The van der Waals surface area contributed by atoms with E-state index in [4.69, 9.17) is 0 Å². The molecule has 126 valence electrons. The summed E-state index contributed by atoms with van der Waals surface area (Å²) in [6.07, 6.45) is 7.45. The average molecular weight is 339 g/mol. The van der Waals surface area contributed by atoms with E-state index in [9.17, 15) is 8.78 Å². The summed E-state index contributed by atoms with van der Waals surface area (Å²) in [4.78, 5) is 19.2. The van der Waals surface area contributed by atoms with Gasteiger partial charge in [-0.25, -0.2) is 28.7 Å². The first-order valence-corrected chi connectivity index (χ1v) is 7.95. The SMILES string of the molecule is Fc1ccc(CN2CCc3nc(-c4cncnc4)ncc3C2)cc1F. The van der Waals surface area contributed by atoms with Gasteiger partial charge in [0.15, 0.2) is 17.5 Å². The van der Waals surface area contributed by atoms with E-state index in [1.165, 1.54) is 18.5 Å². The maximum atomic E-state index is 13.4. The number of nitrogens with zero attached hydrogens (tertiary/aromatic N) is 5. The van der Waals surface area contributed by atoms with Crippen LogP contribution in [0.2, 0.25) is 0 Å². The van der Waals surface area contributed by atoms with Gasteiger partial charge in [0, 0.05) is 50.2 Å². The summed E-state index contributed by atoms with van der Waals surface area (Å²) in [5, 5.41) is 0. The van der Waals surface area contributed by atoms with Crippen LogP contribution in [0.15, 0.2) is 43.1 Å². The number of hydrogen-bond acceptors (Lipinski definition) is 5. The van der Waals surface area contributed by atoms with Crippen LogP contribution >= 0.6 is 0 Å². The number of hydrogen-bond donors (Lipinski definition) is 0. The summed E-state index contributed by atoms with van der Waals surface area (Å²) >= 11 is 0. The highest BCUT2D eigenvalue weighted by Crippen LogP contribution is 2.22. The van der Waals surface area contributed by atoms with Gasteiger partial charge in [-0.2, -0.15) is 0 Å². The van der Waals surface area contributed by atoms with Gasteiger partial charge in [0.2, 0.25) is 0 Å². The Balaban J connectivity index is 1.51. The molecular formula is C18H15F2N5. The lowest BCUT2D eigenvalue weighted by Crippen LogP contribution is -2.31. The number of aromatic nitrogens is 4. The van der Waals surface area contributed by atoms with Gasteiger partial charge in [0.05, 0.1) is 11.3 Å². The molecule has 0 bridgehead atoms. The molecule has 0 saturated carbocycles. The quantitative estimate of drug-likeness (QED) is 0.734. The monoisotopic (exact) mass is 339 g/mol. The van der Waals surface area contributed by atoms with Crippen molar-refractivity contribution in [3.63, 3.8) is 0 Å². The van der Waals surface area contributed by atoms with Gasteiger partial charge in [0.25, 0.3) is 0 Å². The molecule has 3 aromatic rings. The van der Waals surface area contributed by atoms with Crippen LogP contribution in [-0.2, 0) is 19.5 Å². The Kier molecular flexibility index (Phi) is 4.15. The van der Waals surface area contributed by atoms with E-state index in [0.717, 1.165) is 35.3 Å². The van der Waals surface area contributed by atoms with Crippen molar-refractivity contribution in [3.05, 3.63) is 71.6 Å². The second kappa shape index (κ2) is 6.60. The lowest BCUT2D eigenvalue weighted by atomic mass is 10.1. The van der Waals surface area contributed by atoms with E-state index in [1.54, 1.807) is 18.5 Å². The lowest BCUT2D eigenvalue weighted by molar-refractivity contribution is 0.242. The number of rotatable bonds is 3. The lowest BCUT2D eigenvalue weighted by Gasteiger charge is -2.28. The molecule has 1 aliphatic heterocycles. The zero-order valence-electron chi connectivity index (χ0n) is 13.4. The normalized spacial score (nSPS) is 14.3. The third-order valence-corrected chi connectivity index (χ3v) is 4.22. The first-order valence-electron chi connectivity index (χ1n) is 7.95. The summed E-state index contributed by atoms with van der Waals surface area (Å²) in [6.45, 7) is 2.04. The molecule has 0 unspecified atom stereocenters. The van der Waals surface area contributed by atoms with E-state index in [2.05, 4.69) is 24.8 Å². The fourth-order valence-corrected chi connectivity index (χ4v) is 2.96. The largest absolute Gasteiger partial charge is 0.294 e. The predicted molar refractivity (Wildman–Crippen MR) is 87.2 cm³/mol. The second-order valence-corrected chi connectivity index (χ2v) is 6.00. The molecule has 7 heteroatoms. The van der Waals surface area contributed by atoms with Crippen molar-refractivity contribution < 1.29 is 8.78 Å². The van der Waals surface area contributed by atoms with Gasteiger partial charge in [-0.05, 0) is 17.7 Å². The fourth-order valence-electron chi connectivity index (χ4n) is 2.96. The van der Waals surface area contributed by atoms with Crippen LogP contribution < -0.4 is 0 Å². The summed E-state index contributed by atoms with van der Waals surface area (Å²) in [5.74, 6) is -1.01. The van der Waals surface area contributed by atoms with Gasteiger partial charge in [-0.1, -0.05) is 6.07 Å². The van der Waals surface area contributed by atoms with Gasteiger partial charge < -0.3 is 0 Å². The Morgan fingerprint density at radius 1 is 1.04 bits per heavy atom. The van der Waals surface area contributed by atoms with Crippen LogP contribution in [0.25, 0.3) is 11.4 Å². The first-order chi connectivity index (χ1) is 12.2. The van der Waals surface area contributed by atoms with Gasteiger partial charge in [-0.15, -0.1) is 0 Å². The molecule has 0 spiro atoms. The van der Waals surface area contributed by atoms with E-state index in [-0.39, 0.29) is 0 Å². The highest BCUT2D eigenvalue weighted by Gasteiger charge is 2.19. The fraction of sp³-hybridized carbons (Fsp3) is 0.222. The van der Waals surface area contributed by atoms with Gasteiger partial charge >= 0.3 is 0 Å². The maximum absolute atomic E-state index is 13.4. The molecule has 4 rings (SSSR count). The van der Waals surface area contributed by atoms with E-state index < -0.39 is 11.6 Å². The van der Waals surface area contributed by atoms with Crippen molar-refractivity contribution >= 4 is 0 Å². The summed E-state index contributed by atoms with van der Waals surface area (Å²) in [7, 11) is 0. The topological polar surface area (TPSA) is 54.8 Å². The minimum atomic E-state index is -0.821. The van der Waals surface area contributed by atoms with E-state index in [1.807, 2.05) is 6.20 Å². The molecule has 2 aromatic heterocycles. The molecule has 0 N–H and O–H groups in total. The highest BCUT2D eigenvalue weighted by atomic mass is 19.2. The first kappa shape index (κ1) is 15.7. The number of fused-ring (bicyclic) bond motifs is 1. The Morgan fingerprint density at radius 3 is 2.68 bits per heavy atom. The van der Waals surface area contributed by atoms with Crippen molar-refractivity contribution in [2.45, 2.75) is 19.5 Å². The Morgan fingerprint density at radius 2 is 1.88 bits per heavy atom. The molecule has 1 aromatic carbocycles. The maximum Gasteiger partial charge on any atom is 0.162 e. The van der Waals surface area contributed by atoms with Crippen LogP contribution in [0.1, 0.15) is 16.8 Å². The van der Waals surface area contributed by atoms with Crippen molar-refractivity contribution in [2.24, 2.45) is 0 Å². The smallest absolute Gasteiger partial charge is 0.162 e. The average Bonchev–Trinajstić information content (AvgIpc) is 2.65. The predicted octanol–water partition coefficient (Wildman–Crippen LogP) is 2.77. The Labute approximate surface area is 143 Å². The number of benzene rings is 1. The third-order valence-electron chi connectivity index (χ3n) is 4.22. The van der Waals surface area contributed by atoms with Crippen molar-refractivity contribution in [1.29, 1.82) is 0 Å². The Bertz CT molecular complexity index is 901. The van der Waals surface area contributed by atoms with Crippen LogP contribution in [-0.4, -0.2) is 31.4 Å². The molecular weight excluding hydrogens is 324 g/mol. The molecule has 0 saturated heterocycles. The molecule has 0 radical (unpaired) electrons. The van der Waals surface area contributed by atoms with Crippen molar-refractivity contribution in [1.82, 2.24) is 24.8 Å². The van der Waals surface area contributed by atoms with Crippen LogP contribution in [0.5, 0.6) is 0 Å². The molecule has 0 aliphatic carbocycles. The minimum Gasteiger partial charge on any atom is -0.294 e. The second-order valence-electron chi connectivity index (χ2n) is 6.00. The molecule has 0 fully saturated rings. The third kappa shape index (κ3) is 3.36. The van der Waals surface area contributed by atoms with Gasteiger partial charge in [0.1, 0.15) is 6.33 Å². The molecule has 25 heavy (non-hydrogen) atoms. The summed E-state index contributed by atoms with van der Waals surface area (Å²) in [5.41, 5.74) is 3.60. The molecule has 3 heterocycles.